The summed E-state index contributed by atoms with van der Waals surface area (Å²) < 4.78 is 66.1. The predicted molar refractivity (Wildman–Crippen MR) is 148 cm³/mol. The number of anilines is 2. The molecule has 1 fully saturated rings. The van der Waals surface area contributed by atoms with Gasteiger partial charge in [0.15, 0.2) is 11.6 Å². The van der Waals surface area contributed by atoms with Gasteiger partial charge in [-0.05, 0) is 48.7 Å². The van der Waals surface area contributed by atoms with Crippen LogP contribution in [0.4, 0.5) is 34.6 Å². The minimum Gasteiger partial charge on any atom is -0.495 e. The van der Waals surface area contributed by atoms with Crippen molar-refractivity contribution in [3.05, 3.63) is 64.1 Å². The van der Waals surface area contributed by atoms with E-state index < -0.39 is 29.6 Å². The number of methoxy groups -OCH3 is 2. The molecule has 2 atom stereocenters. The van der Waals surface area contributed by atoms with E-state index in [1.54, 1.807) is 28.5 Å². The van der Waals surface area contributed by atoms with E-state index >= 15 is 0 Å². The number of carboxylic acid groups (broad SMARTS) is 1. The van der Waals surface area contributed by atoms with Gasteiger partial charge in [0.05, 0.1) is 48.5 Å². The van der Waals surface area contributed by atoms with Gasteiger partial charge >= 0.3 is 12.1 Å². The summed E-state index contributed by atoms with van der Waals surface area (Å²) in [6.45, 7) is 3.30. The van der Waals surface area contributed by atoms with Crippen LogP contribution in [0.1, 0.15) is 29.8 Å². The van der Waals surface area contributed by atoms with Crippen molar-refractivity contribution in [2.45, 2.75) is 31.6 Å². The van der Waals surface area contributed by atoms with Crippen molar-refractivity contribution >= 4 is 40.3 Å². The number of hydrogen-bond donors (Lipinski definition) is 1. The SMILES string of the molecule is COc1cc(N2CCN(C3=Nc4ccsc4[C@@H](CC(=O)O)N3c3cc(C(F)(F)F)ccc3OC)C[C@H]2C)ccc1F. The Hall–Kier alpha value is -4.00. The number of halogens is 4. The summed E-state index contributed by atoms with van der Waals surface area (Å²) in [5, 5.41) is 11.6. The maximum atomic E-state index is 14.0. The average Bonchev–Trinajstić information content (AvgIpc) is 3.41. The van der Waals surface area contributed by atoms with E-state index in [2.05, 4.69) is 4.90 Å². The van der Waals surface area contributed by atoms with Crippen LogP contribution >= 0.6 is 11.3 Å². The molecular weight excluding hydrogens is 564 g/mol. The molecule has 8 nitrogen and oxygen atoms in total. The van der Waals surface area contributed by atoms with Gasteiger partial charge in [0.25, 0.3) is 0 Å². The lowest BCUT2D eigenvalue weighted by Crippen LogP contribution is -2.58. The molecule has 2 aliphatic heterocycles. The molecule has 0 aliphatic carbocycles. The number of aliphatic carboxylic acids is 1. The zero-order chi connectivity index (χ0) is 29.5. The molecule has 0 spiro atoms. The van der Waals surface area contributed by atoms with Crippen molar-refractivity contribution in [2.24, 2.45) is 4.99 Å². The molecule has 1 aromatic heterocycles. The number of benzene rings is 2. The highest BCUT2D eigenvalue weighted by Crippen LogP contribution is 2.47. The number of fused-ring (bicyclic) bond motifs is 1. The van der Waals surface area contributed by atoms with Crippen LogP contribution in [0, 0.1) is 5.82 Å². The van der Waals surface area contributed by atoms with Crippen LogP contribution in [0.3, 0.4) is 0 Å². The van der Waals surface area contributed by atoms with Crippen LogP contribution in [0.15, 0.2) is 52.8 Å². The first-order valence-electron chi connectivity index (χ1n) is 12.8. The number of hydrogen-bond acceptors (Lipinski definition) is 8. The summed E-state index contributed by atoms with van der Waals surface area (Å²) in [5.41, 5.74) is 0.532. The zero-order valence-electron chi connectivity index (χ0n) is 22.5. The molecule has 0 radical (unpaired) electrons. The van der Waals surface area contributed by atoms with Crippen LogP contribution in [0.5, 0.6) is 11.5 Å². The van der Waals surface area contributed by atoms with E-state index in [1.165, 1.54) is 37.7 Å². The summed E-state index contributed by atoms with van der Waals surface area (Å²) in [6.07, 6.45) is -4.99. The van der Waals surface area contributed by atoms with Gasteiger partial charge in [-0.2, -0.15) is 13.2 Å². The third-order valence-corrected chi connectivity index (χ3v) is 8.24. The molecule has 3 heterocycles. The number of thiophene rings is 1. The molecule has 1 N–H and O–H groups in total. The number of ether oxygens (including phenoxy) is 2. The molecule has 41 heavy (non-hydrogen) atoms. The third-order valence-electron chi connectivity index (χ3n) is 7.23. The standard InChI is InChI=1S/C28H28F4N4O4S/c1-16-15-34(9-10-35(16)18-5-6-19(29)24(13-18)40-3)27-33-20-8-11-41-26(20)22(14-25(37)38)36(27)21-12-17(28(30,31)32)4-7-23(21)39-2/h4-8,11-13,16,22H,9-10,14-15H2,1-3H3,(H,37,38)/t16-,22-/m1/s1. The fraction of sp³-hybridized carbons (Fsp3) is 0.357. The van der Waals surface area contributed by atoms with Crippen LogP contribution in [0.25, 0.3) is 0 Å². The number of piperazine rings is 1. The molecule has 2 aromatic carbocycles. The number of carbonyl (C=O) groups is 1. The van der Waals surface area contributed by atoms with Gasteiger partial charge in [-0.1, -0.05) is 0 Å². The lowest BCUT2D eigenvalue weighted by Gasteiger charge is -2.47. The van der Waals surface area contributed by atoms with Gasteiger partial charge in [0.1, 0.15) is 5.75 Å². The number of nitrogens with zero attached hydrogens (tertiary/aromatic N) is 4. The van der Waals surface area contributed by atoms with E-state index in [0.717, 1.165) is 17.8 Å². The first kappa shape index (κ1) is 28.5. The second kappa shape index (κ2) is 11.1. The third kappa shape index (κ3) is 5.50. The Morgan fingerprint density at radius 2 is 1.85 bits per heavy atom. The first-order chi connectivity index (χ1) is 19.5. The van der Waals surface area contributed by atoms with Crippen molar-refractivity contribution in [3.63, 3.8) is 0 Å². The average molecular weight is 593 g/mol. The summed E-state index contributed by atoms with van der Waals surface area (Å²) in [7, 11) is 2.75. The van der Waals surface area contributed by atoms with Crippen molar-refractivity contribution in [3.8, 4) is 11.5 Å². The number of aliphatic imine (C=N–C) groups is 1. The van der Waals surface area contributed by atoms with Crippen molar-refractivity contribution in [2.75, 3.05) is 43.7 Å². The Bertz CT molecular complexity index is 1480. The Labute approximate surface area is 238 Å². The maximum Gasteiger partial charge on any atom is 0.416 e. The topological polar surface area (TPSA) is 77.8 Å². The van der Waals surface area contributed by atoms with Crippen LogP contribution in [0.2, 0.25) is 0 Å². The van der Waals surface area contributed by atoms with Crippen molar-refractivity contribution in [1.29, 1.82) is 0 Å². The van der Waals surface area contributed by atoms with E-state index in [9.17, 15) is 27.5 Å². The highest BCUT2D eigenvalue weighted by Gasteiger charge is 2.41. The second-order valence-electron chi connectivity index (χ2n) is 9.76. The van der Waals surface area contributed by atoms with Crippen molar-refractivity contribution < 1.29 is 36.9 Å². The van der Waals surface area contributed by atoms with Crippen LogP contribution < -0.4 is 19.3 Å². The molecule has 5 rings (SSSR count). The lowest BCUT2D eigenvalue weighted by molar-refractivity contribution is -0.138. The number of alkyl halides is 3. The minimum atomic E-state index is -4.62. The van der Waals surface area contributed by atoms with Gasteiger partial charge in [0.2, 0.25) is 5.96 Å². The smallest absolute Gasteiger partial charge is 0.416 e. The maximum absolute atomic E-state index is 14.0. The van der Waals surface area contributed by atoms with E-state index in [0.29, 0.717) is 36.2 Å². The predicted octanol–water partition coefficient (Wildman–Crippen LogP) is 6.16. The summed E-state index contributed by atoms with van der Waals surface area (Å²) >= 11 is 1.30. The monoisotopic (exact) mass is 592 g/mol. The second-order valence-corrected chi connectivity index (χ2v) is 10.7. The Kier molecular flexibility index (Phi) is 7.73. The molecule has 0 unspecified atom stereocenters. The van der Waals surface area contributed by atoms with Crippen LogP contribution in [-0.2, 0) is 11.0 Å². The number of rotatable bonds is 6. The largest absolute Gasteiger partial charge is 0.495 e. The first-order valence-corrected chi connectivity index (χ1v) is 13.7. The summed E-state index contributed by atoms with van der Waals surface area (Å²) in [4.78, 5) is 23.1. The fourth-order valence-electron chi connectivity index (χ4n) is 5.33. The molecule has 0 amide bonds. The zero-order valence-corrected chi connectivity index (χ0v) is 23.3. The van der Waals surface area contributed by atoms with Gasteiger partial charge in [0, 0.05) is 37.4 Å². The number of guanidine groups is 1. The van der Waals surface area contributed by atoms with E-state index in [-0.39, 0.29) is 29.6 Å². The fourth-order valence-corrected chi connectivity index (χ4v) is 6.25. The number of carboxylic acids is 1. The molecule has 1 saturated heterocycles. The van der Waals surface area contributed by atoms with E-state index in [4.69, 9.17) is 14.5 Å². The Morgan fingerprint density at radius 1 is 1.10 bits per heavy atom. The quantitative estimate of drug-likeness (QED) is 0.344. The summed E-state index contributed by atoms with van der Waals surface area (Å²) in [6, 6.07) is 8.63. The van der Waals surface area contributed by atoms with Gasteiger partial charge in [-0.15, -0.1) is 11.3 Å². The molecule has 3 aromatic rings. The Balaban J connectivity index is 1.57. The van der Waals surface area contributed by atoms with Crippen LogP contribution in [-0.4, -0.2) is 61.8 Å². The summed E-state index contributed by atoms with van der Waals surface area (Å²) in [5.74, 6) is -0.956. The van der Waals surface area contributed by atoms with Crippen molar-refractivity contribution in [1.82, 2.24) is 4.90 Å². The molecule has 0 saturated carbocycles. The van der Waals surface area contributed by atoms with E-state index in [1.807, 2.05) is 11.8 Å². The lowest BCUT2D eigenvalue weighted by atomic mass is 10.0. The van der Waals surface area contributed by atoms with Gasteiger partial charge in [-0.3, -0.25) is 9.69 Å². The molecule has 218 valence electrons. The normalized spacial score (nSPS) is 19.1. The molecule has 13 heteroatoms. The molecule has 0 bridgehead atoms. The molecular formula is C28H28F4N4O4S. The minimum absolute atomic E-state index is 0.0738. The molecule has 2 aliphatic rings. The Morgan fingerprint density at radius 3 is 2.51 bits per heavy atom. The van der Waals surface area contributed by atoms with Gasteiger partial charge in [-0.25, -0.2) is 9.38 Å². The van der Waals surface area contributed by atoms with Gasteiger partial charge < -0.3 is 24.4 Å². The highest BCUT2D eigenvalue weighted by atomic mass is 32.1. The highest BCUT2D eigenvalue weighted by molar-refractivity contribution is 7.10.